The molecule has 0 aliphatic heterocycles. The van der Waals surface area contributed by atoms with E-state index in [1.807, 2.05) is 13.8 Å². The predicted octanol–water partition coefficient (Wildman–Crippen LogP) is 2.51. The number of hydrogen-bond donors (Lipinski definition) is 1. The van der Waals surface area contributed by atoms with Crippen molar-refractivity contribution in [2.24, 2.45) is 0 Å². The normalized spacial score (nSPS) is 12.2. The number of halogens is 1. The van der Waals surface area contributed by atoms with Crippen LogP contribution in [-0.2, 0) is 4.79 Å². The first kappa shape index (κ1) is 14.6. The highest BCUT2D eigenvalue weighted by Crippen LogP contribution is 2.21. The van der Waals surface area contributed by atoms with E-state index in [4.69, 9.17) is 5.11 Å². The number of carbonyl (C=O) groups is 1. The van der Waals surface area contributed by atoms with Crippen molar-refractivity contribution in [3.05, 3.63) is 35.6 Å². The lowest BCUT2D eigenvalue weighted by atomic mass is 10.1. The van der Waals surface area contributed by atoms with Crippen molar-refractivity contribution in [1.82, 2.24) is 4.90 Å². The van der Waals surface area contributed by atoms with Gasteiger partial charge in [-0.05, 0) is 38.0 Å². The summed E-state index contributed by atoms with van der Waals surface area (Å²) in [6, 6.07) is 6.11. The van der Waals surface area contributed by atoms with Crippen molar-refractivity contribution in [1.29, 1.82) is 0 Å². The van der Waals surface area contributed by atoms with E-state index in [0.717, 1.165) is 5.56 Å². The van der Waals surface area contributed by atoms with Gasteiger partial charge in [0, 0.05) is 19.6 Å². The van der Waals surface area contributed by atoms with Crippen LogP contribution in [0.4, 0.5) is 4.39 Å². The summed E-state index contributed by atoms with van der Waals surface area (Å²) in [5.41, 5.74) is 0.913. The van der Waals surface area contributed by atoms with E-state index in [2.05, 4.69) is 0 Å². The molecule has 1 amide bonds. The van der Waals surface area contributed by atoms with Gasteiger partial charge in [0.15, 0.2) is 0 Å². The molecule has 18 heavy (non-hydrogen) atoms. The summed E-state index contributed by atoms with van der Waals surface area (Å²) in [4.78, 5) is 13.7. The molecule has 0 fully saturated rings. The van der Waals surface area contributed by atoms with Gasteiger partial charge in [-0.2, -0.15) is 0 Å². The van der Waals surface area contributed by atoms with Gasteiger partial charge in [-0.1, -0.05) is 12.1 Å². The number of carbonyl (C=O) groups excluding carboxylic acids is 1. The number of hydrogen-bond acceptors (Lipinski definition) is 2. The predicted molar refractivity (Wildman–Crippen MR) is 68.5 cm³/mol. The lowest BCUT2D eigenvalue weighted by Crippen LogP contribution is -2.33. The van der Waals surface area contributed by atoms with Crippen molar-refractivity contribution in [2.75, 3.05) is 13.2 Å². The second kappa shape index (κ2) is 7.11. The fraction of sp³-hybridized carbons (Fsp3) is 0.500. The van der Waals surface area contributed by atoms with Gasteiger partial charge in [0.25, 0.3) is 0 Å². The summed E-state index contributed by atoms with van der Waals surface area (Å²) >= 11 is 0. The van der Waals surface area contributed by atoms with Gasteiger partial charge in [0.1, 0.15) is 5.82 Å². The fourth-order valence-corrected chi connectivity index (χ4v) is 1.96. The number of nitrogens with zero attached hydrogens (tertiary/aromatic N) is 1. The zero-order valence-corrected chi connectivity index (χ0v) is 10.9. The van der Waals surface area contributed by atoms with Gasteiger partial charge in [0.2, 0.25) is 5.91 Å². The lowest BCUT2D eigenvalue weighted by molar-refractivity contribution is -0.133. The Kier molecular flexibility index (Phi) is 5.78. The van der Waals surface area contributed by atoms with Crippen molar-refractivity contribution >= 4 is 5.91 Å². The van der Waals surface area contributed by atoms with E-state index in [9.17, 15) is 9.18 Å². The van der Waals surface area contributed by atoms with Gasteiger partial charge in [0.05, 0.1) is 6.04 Å². The molecule has 0 bridgehead atoms. The molecular formula is C14H20FNO2. The standard InChI is InChI=1S/C14H20FNO2/c1-3-16(14(18)5-4-10-17)11(2)12-6-8-13(15)9-7-12/h6-9,11,17H,3-5,10H2,1-2H3. The highest BCUT2D eigenvalue weighted by molar-refractivity contribution is 5.76. The molecule has 1 rings (SSSR count). The molecule has 1 N–H and O–H groups in total. The third kappa shape index (κ3) is 3.81. The number of benzene rings is 1. The number of amides is 1. The second-order valence-electron chi connectivity index (χ2n) is 4.23. The average molecular weight is 253 g/mol. The summed E-state index contributed by atoms with van der Waals surface area (Å²) in [5, 5.41) is 8.74. The van der Waals surface area contributed by atoms with E-state index >= 15 is 0 Å². The highest BCUT2D eigenvalue weighted by atomic mass is 19.1. The summed E-state index contributed by atoms with van der Waals surface area (Å²) in [5.74, 6) is -0.260. The molecule has 100 valence electrons. The molecule has 1 aromatic rings. The van der Waals surface area contributed by atoms with E-state index < -0.39 is 0 Å². The number of rotatable bonds is 6. The number of aliphatic hydroxyl groups is 1. The third-order valence-corrected chi connectivity index (χ3v) is 3.03. The Labute approximate surface area is 107 Å². The maximum absolute atomic E-state index is 12.8. The van der Waals surface area contributed by atoms with E-state index in [1.165, 1.54) is 12.1 Å². The quantitative estimate of drug-likeness (QED) is 0.846. The second-order valence-corrected chi connectivity index (χ2v) is 4.23. The molecule has 0 aromatic heterocycles. The minimum atomic E-state index is -0.277. The molecule has 1 unspecified atom stereocenters. The molecule has 0 aliphatic carbocycles. The molecule has 1 aromatic carbocycles. The minimum absolute atomic E-state index is 0.0170. The van der Waals surface area contributed by atoms with Crippen LogP contribution >= 0.6 is 0 Å². The van der Waals surface area contributed by atoms with Crippen LogP contribution in [0.3, 0.4) is 0 Å². The smallest absolute Gasteiger partial charge is 0.223 e. The average Bonchev–Trinajstić information content (AvgIpc) is 2.37. The maximum atomic E-state index is 12.8. The van der Waals surface area contributed by atoms with Crippen LogP contribution < -0.4 is 0 Å². The molecule has 0 spiro atoms. The largest absolute Gasteiger partial charge is 0.396 e. The first-order valence-corrected chi connectivity index (χ1v) is 6.26. The molecule has 0 aliphatic rings. The summed E-state index contributed by atoms with van der Waals surface area (Å²) in [6.07, 6.45) is 0.821. The third-order valence-electron chi connectivity index (χ3n) is 3.03. The molecule has 0 saturated carbocycles. The number of aliphatic hydroxyl groups excluding tert-OH is 1. The molecule has 0 radical (unpaired) electrons. The molecule has 1 atom stereocenters. The highest BCUT2D eigenvalue weighted by Gasteiger charge is 2.19. The van der Waals surface area contributed by atoms with Crippen molar-refractivity contribution < 1.29 is 14.3 Å². The van der Waals surface area contributed by atoms with Crippen LogP contribution in [-0.4, -0.2) is 29.1 Å². The van der Waals surface area contributed by atoms with Crippen LogP contribution in [0.5, 0.6) is 0 Å². The van der Waals surface area contributed by atoms with Gasteiger partial charge < -0.3 is 10.0 Å². The summed E-state index contributed by atoms with van der Waals surface area (Å²) < 4.78 is 12.8. The maximum Gasteiger partial charge on any atom is 0.223 e. The van der Waals surface area contributed by atoms with Crippen LogP contribution in [0, 0.1) is 5.82 Å². The summed E-state index contributed by atoms with van der Waals surface area (Å²) in [7, 11) is 0. The Bertz CT molecular complexity index is 378. The Morgan fingerprint density at radius 3 is 2.50 bits per heavy atom. The van der Waals surface area contributed by atoms with E-state index in [-0.39, 0.29) is 24.4 Å². The molecular weight excluding hydrogens is 233 g/mol. The summed E-state index contributed by atoms with van der Waals surface area (Å²) in [6.45, 7) is 4.46. The van der Waals surface area contributed by atoms with E-state index in [1.54, 1.807) is 17.0 Å². The van der Waals surface area contributed by atoms with Gasteiger partial charge >= 0.3 is 0 Å². The topological polar surface area (TPSA) is 40.5 Å². The Morgan fingerprint density at radius 1 is 1.39 bits per heavy atom. The Balaban J connectivity index is 2.75. The monoisotopic (exact) mass is 253 g/mol. The fourth-order valence-electron chi connectivity index (χ4n) is 1.96. The molecule has 0 saturated heterocycles. The molecule has 4 heteroatoms. The zero-order chi connectivity index (χ0) is 13.5. The zero-order valence-electron chi connectivity index (χ0n) is 10.9. The van der Waals surface area contributed by atoms with Crippen LogP contribution in [0.1, 0.15) is 38.3 Å². The van der Waals surface area contributed by atoms with Crippen molar-refractivity contribution in [3.8, 4) is 0 Å². The van der Waals surface area contributed by atoms with Crippen LogP contribution in [0.15, 0.2) is 24.3 Å². The minimum Gasteiger partial charge on any atom is -0.396 e. The molecule has 0 heterocycles. The lowest BCUT2D eigenvalue weighted by Gasteiger charge is -2.28. The Hall–Kier alpha value is -1.42. The van der Waals surface area contributed by atoms with Crippen molar-refractivity contribution in [2.45, 2.75) is 32.7 Å². The first-order valence-electron chi connectivity index (χ1n) is 6.26. The molecule has 3 nitrogen and oxygen atoms in total. The Morgan fingerprint density at radius 2 is 2.00 bits per heavy atom. The SMILES string of the molecule is CCN(C(=O)CCCO)C(C)c1ccc(F)cc1. The van der Waals surface area contributed by atoms with Crippen LogP contribution in [0.25, 0.3) is 0 Å². The van der Waals surface area contributed by atoms with Gasteiger partial charge in [-0.3, -0.25) is 4.79 Å². The van der Waals surface area contributed by atoms with E-state index in [0.29, 0.717) is 19.4 Å². The van der Waals surface area contributed by atoms with Gasteiger partial charge in [-0.15, -0.1) is 0 Å². The van der Waals surface area contributed by atoms with Gasteiger partial charge in [-0.25, -0.2) is 4.39 Å². The first-order chi connectivity index (χ1) is 8.60. The van der Waals surface area contributed by atoms with Crippen LogP contribution in [0.2, 0.25) is 0 Å². The van der Waals surface area contributed by atoms with Crippen molar-refractivity contribution in [3.63, 3.8) is 0 Å².